The van der Waals surface area contributed by atoms with Gasteiger partial charge in [-0.05, 0) is 31.3 Å². The quantitative estimate of drug-likeness (QED) is 0.926. The fourth-order valence-corrected chi connectivity index (χ4v) is 2.85. The summed E-state index contributed by atoms with van der Waals surface area (Å²) in [7, 11) is 2.10. The summed E-state index contributed by atoms with van der Waals surface area (Å²) in [6.45, 7) is 3.89. The highest BCUT2D eigenvalue weighted by Crippen LogP contribution is 2.21. The van der Waals surface area contributed by atoms with E-state index in [0.717, 1.165) is 31.9 Å². The van der Waals surface area contributed by atoms with Crippen LogP contribution in [0.2, 0.25) is 5.02 Å². The van der Waals surface area contributed by atoms with Gasteiger partial charge in [0.2, 0.25) is 0 Å². The molecule has 7 heteroatoms. The van der Waals surface area contributed by atoms with Crippen molar-refractivity contribution >= 4 is 29.0 Å². The summed E-state index contributed by atoms with van der Waals surface area (Å²) in [5.74, 6) is -0.913. The van der Waals surface area contributed by atoms with E-state index in [4.69, 9.17) is 11.6 Å². The zero-order valence-corrected chi connectivity index (χ0v) is 14.1. The van der Waals surface area contributed by atoms with Gasteiger partial charge in [-0.15, -0.1) is 0 Å². The van der Waals surface area contributed by atoms with E-state index in [1.165, 1.54) is 18.2 Å². The van der Waals surface area contributed by atoms with E-state index >= 15 is 0 Å². The standard InChI is InChI=1S/C17H18ClFN4O/c1-22-7-9-23(10-8-22)12-5-6-15(20-11-12)21-17(24)16-13(18)3-2-4-14(16)19/h2-6,11H,7-10H2,1H3,(H,20,21,24). The van der Waals surface area contributed by atoms with Crippen LogP contribution in [0, 0.1) is 5.82 Å². The van der Waals surface area contributed by atoms with Crippen LogP contribution in [0.25, 0.3) is 0 Å². The molecule has 0 spiro atoms. The molecule has 1 N–H and O–H groups in total. The average Bonchev–Trinajstić information content (AvgIpc) is 2.56. The summed E-state index contributed by atoms with van der Waals surface area (Å²) in [5.41, 5.74) is 0.828. The highest BCUT2D eigenvalue weighted by molar-refractivity contribution is 6.34. The summed E-state index contributed by atoms with van der Waals surface area (Å²) in [5, 5.41) is 2.65. The van der Waals surface area contributed by atoms with Gasteiger partial charge in [0.1, 0.15) is 11.6 Å². The number of hydrogen-bond donors (Lipinski definition) is 1. The second kappa shape index (κ2) is 7.15. The lowest BCUT2D eigenvalue weighted by Crippen LogP contribution is -2.44. The van der Waals surface area contributed by atoms with Crippen molar-refractivity contribution in [2.45, 2.75) is 0 Å². The molecule has 0 aliphatic carbocycles. The van der Waals surface area contributed by atoms with Crippen LogP contribution in [0.3, 0.4) is 0 Å². The van der Waals surface area contributed by atoms with E-state index < -0.39 is 11.7 Å². The molecule has 1 aliphatic heterocycles. The molecule has 1 saturated heterocycles. The molecule has 2 heterocycles. The molecule has 1 amide bonds. The molecule has 0 bridgehead atoms. The lowest BCUT2D eigenvalue weighted by molar-refractivity contribution is 0.102. The molecule has 0 saturated carbocycles. The fraction of sp³-hybridized carbons (Fsp3) is 0.294. The Morgan fingerprint density at radius 2 is 1.96 bits per heavy atom. The Morgan fingerprint density at radius 1 is 1.21 bits per heavy atom. The minimum absolute atomic E-state index is 0.0709. The molecule has 0 atom stereocenters. The van der Waals surface area contributed by atoms with Gasteiger partial charge in [0, 0.05) is 26.2 Å². The van der Waals surface area contributed by atoms with E-state index in [9.17, 15) is 9.18 Å². The first-order valence-corrected chi connectivity index (χ1v) is 8.07. The van der Waals surface area contributed by atoms with Crippen LogP contribution in [0.15, 0.2) is 36.5 Å². The minimum atomic E-state index is -0.658. The first kappa shape index (κ1) is 16.7. The van der Waals surface area contributed by atoms with Crippen molar-refractivity contribution in [3.8, 4) is 0 Å². The number of carbonyl (C=O) groups is 1. The molecule has 1 fully saturated rings. The summed E-state index contributed by atoms with van der Waals surface area (Å²) in [6, 6.07) is 7.74. The predicted molar refractivity (Wildman–Crippen MR) is 93.3 cm³/mol. The SMILES string of the molecule is CN1CCN(c2ccc(NC(=O)c3c(F)cccc3Cl)nc2)CC1. The van der Waals surface area contributed by atoms with Gasteiger partial charge in [0.05, 0.1) is 22.5 Å². The second-order valence-corrected chi connectivity index (χ2v) is 6.15. The molecule has 126 valence electrons. The number of aromatic nitrogens is 1. The minimum Gasteiger partial charge on any atom is -0.368 e. The van der Waals surface area contributed by atoms with Crippen molar-refractivity contribution in [2.75, 3.05) is 43.4 Å². The van der Waals surface area contributed by atoms with E-state index in [1.54, 1.807) is 12.3 Å². The molecule has 2 aromatic rings. The highest BCUT2D eigenvalue weighted by Gasteiger charge is 2.17. The zero-order chi connectivity index (χ0) is 17.1. The normalized spacial score (nSPS) is 15.4. The first-order valence-electron chi connectivity index (χ1n) is 7.69. The Bertz CT molecular complexity index is 710. The number of nitrogens with one attached hydrogen (secondary N) is 1. The molecule has 5 nitrogen and oxygen atoms in total. The second-order valence-electron chi connectivity index (χ2n) is 5.74. The molecule has 0 radical (unpaired) electrons. The largest absolute Gasteiger partial charge is 0.368 e. The molecule has 24 heavy (non-hydrogen) atoms. The molecule has 3 rings (SSSR count). The van der Waals surface area contributed by atoms with Crippen LogP contribution >= 0.6 is 11.6 Å². The summed E-state index contributed by atoms with van der Waals surface area (Å²) < 4.78 is 13.8. The maximum atomic E-state index is 13.8. The van der Waals surface area contributed by atoms with Crippen LogP contribution in [0.1, 0.15) is 10.4 Å². The van der Waals surface area contributed by atoms with Gasteiger partial charge in [-0.2, -0.15) is 0 Å². The smallest absolute Gasteiger partial charge is 0.261 e. The Kier molecular flexibility index (Phi) is 4.97. The number of pyridine rings is 1. The highest BCUT2D eigenvalue weighted by atomic mass is 35.5. The first-order chi connectivity index (χ1) is 11.5. The van der Waals surface area contributed by atoms with E-state index in [0.29, 0.717) is 5.82 Å². The van der Waals surface area contributed by atoms with E-state index in [-0.39, 0.29) is 10.6 Å². The molecule has 0 unspecified atom stereocenters. The monoisotopic (exact) mass is 348 g/mol. The summed E-state index contributed by atoms with van der Waals surface area (Å²) in [6.07, 6.45) is 1.71. The lowest BCUT2D eigenvalue weighted by Gasteiger charge is -2.33. The third-order valence-electron chi connectivity index (χ3n) is 4.05. The van der Waals surface area contributed by atoms with Crippen molar-refractivity contribution in [3.05, 3.63) is 52.9 Å². The number of halogens is 2. The summed E-state index contributed by atoms with van der Waals surface area (Å²) >= 11 is 5.90. The van der Waals surface area contributed by atoms with E-state index in [1.807, 2.05) is 6.07 Å². The Hall–Kier alpha value is -2.18. The summed E-state index contributed by atoms with van der Waals surface area (Å²) in [4.78, 5) is 20.9. The van der Waals surface area contributed by atoms with Crippen molar-refractivity contribution in [1.29, 1.82) is 0 Å². The number of nitrogens with zero attached hydrogens (tertiary/aromatic N) is 3. The number of carbonyl (C=O) groups excluding carboxylic acids is 1. The molecular weight excluding hydrogens is 331 g/mol. The zero-order valence-electron chi connectivity index (χ0n) is 13.3. The third-order valence-corrected chi connectivity index (χ3v) is 4.36. The molecule has 1 aromatic carbocycles. The van der Waals surface area contributed by atoms with Crippen LogP contribution in [-0.4, -0.2) is 49.0 Å². The Labute approximate surface area is 145 Å². The van der Waals surface area contributed by atoms with Gasteiger partial charge in [-0.3, -0.25) is 4.79 Å². The maximum absolute atomic E-state index is 13.8. The number of rotatable bonds is 3. The van der Waals surface area contributed by atoms with Crippen LogP contribution in [0.4, 0.5) is 15.9 Å². The van der Waals surface area contributed by atoms with Crippen LogP contribution < -0.4 is 10.2 Å². The molecule has 1 aliphatic rings. The van der Waals surface area contributed by atoms with Crippen LogP contribution in [-0.2, 0) is 0 Å². The molecule has 1 aromatic heterocycles. The van der Waals surface area contributed by atoms with Crippen molar-refractivity contribution in [2.24, 2.45) is 0 Å². The lowest BCUT2D eigenvalue weighted by atomic mass is 10.2. The van der Waals surface area contributed by atoms with Gasteiger partial charge in [0.15, 0.2) is 0 Å². The fourth-order valence-electron chi connectivity index (χ4n) is 2.61. The van der Waals surface area contributed by atoms with Crippen molar-refractivity contribution < 1.29 is 9.18 Å². The average molecular weight is 349 g/mol. The maximum Gasteiger partial charge on any atom is 0.261 e. The van der Waals surface area contributed by atoms with Gasteiger partial charge < -0.3 is 15.1 Å². The Balaban J connectivity index is 1.69. The third kappa shape index (κ3) is 3.66. The number of piperazine rings is 1. The number of benzene rings is 1. The number of likely N-dealkylation sites (N-methyl/N-ethyl adjacent to an activating group) is 1. The predicted octanol–water partition coefficient (Wildman–Crippen LogP) is 2.88. The molecular formula is C17H18ClFN4O. The number of amides is 1. The van der Waals surface area contributed by atoms with Gasteiger partial charge in [0.25, 0.3) is 5.91 Å². The Morgan fingerprint density at radius 3 is 2.58 bits per heavy atom. The number of anilines is 2. The van der Waals surface area contributed by atoms with Crippen molar-refractivity contribution in [3.63, 3.8) is 0 Å². The van der Waals surface area contributed by atoms with Crippen LogP contribution in [0.5, 0.6) is 0 Å². The van der Waals surface area contributed by atoms with Crippen molar-refractivity contribution in [1.82, 2.24) is 9.88 Å². The van der Waals surface area contributed by atoms with Gasteiger partial charge in [-0.1, -0.05) is 17.7 Å². The topological polar surface area (TPSA) is 48.5 Å². The van der Waals surface area contributed by atoms with E-state index in [2.05, 4.69) is 27.1 Å². The number of hydrogen-bond acceptors (Lipinski definition) is 4. The van der Waals surface area contributed by atoms with Gasteiger partial charge >= 0.3 is 0 Å². The van der Waals surface area contributed by atoms with Gasteiger partial charge in [-0.25, -0.2) is 9.37 Å².